The summed E-state index contributed by atoms with van der Waals surface area (Å²) in [6.45, 7) is 8.88. The zero-order valence-electron chi connectivity index (χ0n) is 6.19. The largest absolute Gasteiger partial charge is 0.380 e. The number of hydrogen-bond donors (Lipinski definition) is 0. The molecule has 0 aromatic carbocycles. The summed E-state index contributed by atoms with van der Waals surface area (Å²) in [6, 6.07) is 0. The molecule has 0 aromatic rings. The van der Waals surface area contributed by atoms with Gasteiger partial charge in [-0.2, -0.15) is 0 Å². The van der Waals surface area contributed by atoms with Crippen molar-refractivity contribution in [3.8, 4) is 0 Å². The van der Waals surface area contributed by atoms with Gasteiger partial charge in [0.05, 0.1) is 15.2 Å². The van der Waals surface area contributed by atoms with Gasteiger partial charge in [0, 0.05) is 5.73 Å². The van der Waals surface area contributed by atoms with Gasteiger partial charge in [0.1, 0.15) is 0 Å². The van der Waals surface area contributed by atoms with Gasteiger partial charge in [-0.15, -0.1) is 0 Å². The van der Waals surface area contributed by atoms with Crippen molar-refractivity contribution in [1.29, 1.82) is 0 Å². The van der Waals surface area contributed by atoms with Gasteiger partial charge in [-0.25, -0.2) is 0 Å². The van der Waals surface area contributed by atoms with Crippen molar-refractivity contribution < 1.29 is 4.74 Å². The molecule has 0 aliphatic heterocycles. The standard InChI is InChI=1S/C6H15OSi/c1-6(7-2)8(3,4)5/h6H,2H2,1,3-5H3. The monoisotopic (exact) mass is 131 g/mol. The van der Waals surface area contributed by atoms with Crippen LogP contribution in [0, 0.1) is 7.11 Å². The van der Waals surface area contributed by atoms with E-state index in [-0.39, 0.29) is 0 Å². The summed E-state index contributed by atoms with van der Waals surface area (Å²) in [6.07, 6.45) is 0. The molecule has 0 amide bonds. The molecule has 0 saturated carbocycles. The molecule has 1 radical (unpaired) electrons. The van der Waals surface area contributed by atoms with E-state index in [4.69, 9.17) is 4.74 Å². The van der Waals surface area contributed by atoms with Crippen LogP contribution in [0.5, 0.6) is 0 Å². The summed E-state index contributed by atoms with van der Waals surface area (Å²) in [5, 5.41) is 0. The molecule has 0 N–H and O–H groups in total. The number of ether oxygens (including phenoxy) is 1. The van der Waals surface area contributed by atoms with Crippen LogP contribution in [0.4, 0.5) is 0 Å². The lowest BCUT2D eigenvalue weighted by molar-refractivity contribution is 0.215. The molecule has 8 heavy (non-hydrogen) atoms. The fourth-order valence-corrected chi connectivity index (χ4v) is 0.750. The van der Waals surface area contributed by atoms with Gasteiger partial charge >= 0.3 is 0 Å². The Balaban J connectivity index is 3.62. The van der Waals surface area contributed by atoms with Crippen molar-refractivity contribution >= 4 is 8.07 Å². The molecular formula is C6H15OSi. The summed E-state index contributed by atoms with van der Waals surface area (Å²) < 4.78 is 4.93. The highest BCUT2D eigenvalue weighted by atomic mass is 28.3. The summed E-state index contributed by atoms with van der Waals surface area (Å²) >= 11 is 0. The van der Waals surface area contributed by atoms with Crippen molar-refractivity contribution in [2.75, 3.05) is 0 Å². The van der Waals surface area contributed by atoms with Crippen LogP contribution in [-0.2, 0) is 4.74 Å². The highest BCUT2D eigenvalue weighted by Crippen LogP contribution is 2.09. The minimum Gasteiger partial charge on any atom is -0.380 e. The Labute approximate surface area is 53.1 Å². The predicted octanol–water partition coefficient (Wildman–Crippen LogP) is 2.06. The van der Waals surface area contributed by atoms with E-state index in [1.54, 1.807) is 0 Å². The van der Waals surface area contributed by atoms with Gasteiger partial charge in [-0.05, 0) is 6.92 Å². The normalized spacial score (nSPS) is 16.1. The van der Waals surface area contributed by atoms with Crippen LogP contribution in [0.15, 0.2) is 0 Å². The third-order valence-electron chi connectivity index (χ3n) is 1.47. The average Bonchev–Trinajstić information content (AvgIpc) is 1.62. The molecule has 0 rings (SSSR count). The van der Waals surface area contributed by atoms with Crippen LogP contribution in [0.3, 0.4) is 0 Å². The smallest absolute Gasteiger partial charge is 0.0781 e. The quantitative estimate of drug-likeness (QED) is 0.521. The zero-order valence-corrected chi connectivity index (χ0v) is 7.19. The lowest BCUT2D eigenvalue weighted by Crippen LogP contribution is -2.36. The third-order valence-corrected chi connectivity index (χ3v) is 4.08. The summed E-state index contributed by atoms with van der Waals surface area (Å²) in [5.41, 5.74) is 0.377. The maximum absolute atomic E-state index is 4.93. The lowest BCUT2D eigenvalue weighted by Gasteiger charge is -2.22. The Bertz CT molecular complexity index is 65.4. The molecule has 1 nitrogen and oxygen atoms in total. The van der Waals surface area contributed by atoms with E-state index in [0.717, 1.165) is 0 Å². The van der Waals surface area contributed by atoms with Crippen LogP contribution >= 0.6 is 0 Å². The summed E-state index contributed by atoms with van der Waals surface area (Å²) in [7, 11) is 2.34. The molecule has 0 saturated heterocycles. The van der Waals surface area contributed by atoms with Gasteiger partial charge in [-0.1, -0.05) is 19.6 Å². The van der Waals surface area contributed by atoms with E-state index in [0.29, 0.717) is 5.73 Å². The highest BCUT2D eigenvalue weighted by molar-refractivity contribution is 6.77. The van der Waals surface area contributed by atoms with Crippen molar-refractivity contribution in [2.45, 2.75) is 32.3 Å². The molecule has 0 bridgehead atoms. The van der Waals surface area contributed by atoms with Crippen LogP contribution in [0.1, 0.15) is 6.92 Å². The highest BCUT2D eigenvalue weighted by Gasteiger charge is 2.21. The van der Waals surface area contributed by atoms with Gasteiger partial charge in [0.15, 0.2) is 0 Å². The Morgan fingerprint density at radius 2 is 1.75 bits per heavy atom. The van der Waals surface area contributed by atoms with Gasteiger partial charge in [-0.3, -0.25) is 0 Å². The first-order valence-corrected chi connectivity index (χ1v) is 6.47. The van der Waals surface area contributed by atoms with Crippen molar-refractivity contribution in [1.82, 2.24) is 0 Å². The second-order valence-corrected chi connectivity index (χ2v) is 8.72. The first-order chi connectivity index (χ1) is 3.48. The number of hydrogen-bond acceptors (Lipinski definition) is 1. The first-order valence-electron chi connectivity index (χ1n) is 2.89. The molecule has 1 unspecified atom stereocenters. The van der Waals surface area contributed by atoms with E-state index in [9.17, 15) is 0 Å². The van der Waals surface area contributed by atoms with E-state index in [1.807, 2.05) is 0 Å². The SMILES string of the molecule is [CH2]OC(C)[Si](C)(C)C. The summed E-state index contributed by atoms with van der Waals surface area (Å²) in [4.78, 5) is 0. The van der Waals surface area contributed by atoms with Gasteiger partial charge in [0.25, 0.3) is 0 Å². The molecule has 0 fully saturated rings. The van der Waals surface area contributed by atoms with Crippen LogP contribution in [-0.4, -0.2) is 13.8 Å². The van der Waals surface area contributed by atoms with E-state index >= 15 is 0 Å². The Morgan fingerprint density at radius 1 is 1.38 bits per heavy atom. The second kappa shape index (κ2) is 2.64. The Kier molecular flexibility index (Phi) is 2.70. The molecule has 0 aromatic heterocycles. The van der Waals surface area contributed by atoms with E-state index < -0.39 is 8.07 Å². The minimum atomic E-state index is -1.05. The Hall–Kier alpha value is 0.177. The van der Waals surface area contributed by atoms with Crippen molar-refractivity contribution in [3.63, 3.8) is 0 Å². The van der Waals surface area contributed by atoms with Crippen molar-refractivity contribution in [3.05, 3.63) is 7.11 Å². The van der Waals surface area contributed by atoms with Gasteiger partial charge < -0.3 is 4.74 Å². The molecule has 1 atom stereocenters. The summed E-state index contributed by atoms with van der Waals surface area (Å²) in [5.74, 6) is 0. The molecule has 0 aliphatic carbocycles. The van der Waals surface area contributed by atoms with Crippen LogP contribution in [0.2, 0.25) is 19.6 Å². The molecule has 2 heteroatoms. The maximum atomic E-state index is 4.93. The van der Waals surface area contributed by atoms with Crippen LogP contribution < -0.4 is 0 Å². The zero-order chi connectivity index (χ0) is 6.78. The minimum absolute atomic E-state index is 0.377. The lowest BCUT2D eigenvalue weighted by atomic mass is 10.8. The van der Waals surface area contributed by atoms with Crippen LogP contribution in [0.25, 0.3) is 0 Å². The third kappa shape index (κ3) is 2.48. The molecule has 0 aliphatic rings. The first kappa shape index (κ1) is 8.18. The fourth-order valence-electron chi connectivity index (χ4n) is 0.250. The Morgan fingerprint density at radius 3 is 1.75 bits per heavy atom. The van der Waals surface area contributed by atoms with E-state index in [1.165, 1.54) is 0 Å². The second-order valence-electron chi connectivity index (χ2n) is 3.17. The van der Waals surface area contributed by atoms with Crippen molar-refractivity contribution in [2.24, 2.45) is 0 Å². The fraction of sp³-hybridized carbons (Fsp3) is 0.833. The molecule has 0 heterocycles. The molecule has 0 spiro atoms. The maximum Gasteiger partial charge on any atom is 0.0781 e. The molecule has 49 valence electrons. The average molecular weight is 131 g/mol. The van der Waals surface area contributed by atoms with E-state index in [2.05, 4.69) is 33.7 Å². The van der Waals surface area contributed by atoms with Gasteiger partial charge in [0.2, 0.25) is 0 Å². The number of rotatable bonds is 2. The topological polar surface area (TPSA) is 9.23 Å². The predicted molar refractivity (Wildman–Crippen MR) is 39.3 cm³/mol. The molecular weight excluding hydrogens is 116 g/mol.